The number of H-pyrrole nitrogens is 1. The van der Waals surface area contributed by atoms with Crippen LogP contribution < -0.4 is 5.73 Å². The van der Waals surface area contributed by atoms with Gasteiger partial charge in [-0.15, -0.1) is 0 Å². The van der Waals surface area contributed by atoms with Gasteiger partial charge in [0.1, 0.15) is 0 Å². The zero-order valence-corrected chi connectivity index (χ0v) is 8.82. The van der Waals surface area contributed by atoms with E-state index in [-0.39, 0.29) is 0 Å². The fourth-order valence-corrected chi connectivity index (χ4v) is 2.06. The number of anilines is 1. The van der Waals surface area contributed by atoms with E-state index >= 15 is 0 Å². The lowest BCUT2D eigenvalue weighted by molar-refractivity contribution is 0.436. The van der Waals surface area contributed by atoms with E-state index in [1.54, 1.807) is 6.20 Å². The summed E-state index contributed by atoms with van der Waals surface area (Å²) in [6.07, 6.45) is 1.65. The molecule has 2 heterocycles. The van der Waals surface area contributed by atoms with E-state index in [1.165, 1.54) is 0 Å². The molecule has 0 unspecified atom stereocenters. The Bertz CT molecular complexity index is 651. The Labute approximate surface area is 92.0 Å². The molecule has 0 amide bonds. The van der Waals surface area contributed by atoms with Crippen LogP contribution in [-0.2, 0) is 0 Å². The summed E-state index contributed by atoms with van der Waals surface area (Å²) in [4.78, 5) is 3.32. The van der Waals surface area contributed by atoms with Crippen LogP contribution in [0.15, 0.2) is 35.0 Å². The second kappa shape index (κ2) is 3.13. The third kappa shape index (κ3) is 1.13. The average Bonchev–Trinajstić information content (AvgIpc) is 2.81. The Morgan fingerprint density at radius 1 is 1.31 bits per heavy atom. The Morgan fingerprint density at radius 2 is 2.12 bits per heavy atom. The van der Waals surface area contributed by atoms with Crippen molar-refractivity contribution in [1.82, 2.24) is 10.1 Å². The van der Waals surface area contributed by atoms with Gasteiger partial charge in [0, 0.05) is 22.2 Å². The Hall–Kier alpha value is -2.23. The molecule has 0 spiro atoms. The standard InChI is InChI=1S/C12H11N3O/c1-7-11(9-6-14-16-12(9)13)8-4-2-3-5-10(8)15-7/h2-6,15H,13H2,1H3. The molecule has 16 heavy (non-hydrogen) atoms. The minimum absolute atomic E-state index is 0.354. The monoisotopic (exact) mass is 213 g/mol. The predicted molar refractivity (Wildman–Crippen MR) is 62.9 cm³/mol. The summed E-state index contributed by atoms with van der Waals surface area (Å²) >= 11 is 0. The molecule has 0 bridgehead atoms. The second-order valence-corrected chi connectivity index (χ2v) is 3.77. The van der Waals surface area contributed by atoms with Crippen molar-refractivity contribution in [3.63, 3.8) is 0 Å². The van der Waals surface area contributed by atoms with Gasteiger partial charge in [-0.3, -0.25) is 0 Å². The Balaban J connectivity index is 2.39. The first-order valence-corrected chi connectivity index (χ1v) is 5.05. The quantitative estimate of drug-likeness (QED) is 0.653. The molecule has 0 atom stereocenters. The van der Waals surface area contributed by atoms with Gasteiger partial charge < -0.3 is 15.2 Å². The number of aromatic amines is 1. The molecule has 1 aromatic carbocycles. The van der Waals surface area contributed by atoms with Gasteiger partial charge >= 0.3 is 0 Å². The first-order valence-electron chi connectivity index (χ1n) is 5.05. The number of nitrogens with one attached hydrogen (secondary N) is 1. The minimum atomic E-state index is 0.354. The lowest BCUT2D eigenvalue weighted by atomic mass is 10.1. The second-order valence-electron chi connectivity index (χ2n) is 3.77. The van der Waals surface area contributed by atoms with E-state index in [4.69, 9.17) is 10.3 Å². The summed E-state index contributed by atoms with van der Waals surface area (Å²) < 4.78 is 4.91. The molecule has 0 aliphatic carbocycles. The number of para-hydroxylation sites is 1. The van der Waals surface area contributed by atoms with Gasteiger partial charge in [0.15, 0.2) is 0 Å². The van der Waals surface area contributed by atoms with Crippen LogP contribution in [0.5, 0.6) is 0 Å². The third-order valence-corrected chi connectivity index (χ3v) is 2.76. The molecular formula is C12H11N3O. The molecule has 0 saturated heterocycles. The molecule has 0 radical (unpaired) electrons. The Morgan fingerprint density at radius 3 is 2.88 bits per heavy atom. The molecule has 0 aliphatic rings. The zero-order chi connectivity index (χ0) is 11.1. The van der Waals surface area contributed by atoms with Crippen LogP contribution in [0.2, 0.25) is 0 Å². The van der Waals surface area contributed by atoms with Gasteiger partial charge in [-0.2, -0.15) is 0 Å². The van der Waals surface area contributed by atoms with Crippen LogP contribution in [0.1, 0.15) is 5.69 Å². The first kappa shape index (κ1) is 9.03. The van der Waals surface area contributed by atoms with Crippen molar-refractivity contribution >= 4 is 16.8 Å². The van der Waals surface area contributed by atoms with E-state index in [9.17, 15) is 0 Å². The minimum Gasteiger partial charge on any atom is -0.367 e. The maximum atomic E-state index is 5.75. The Kier molecular flexibility index (Phi) is 1.77. The number of nitrogens with two attached hydrogens (primary N) is 1. The molecule has 4 heteroatoms. The van der Waals surface area contributed by atoms with Gasteiger partial charge in [0.05, 0.1) is 11.8 Å². The summed E-state index contributed by atoms with van der Waals surface area (Å²) in [6, 6.07) is 8.10. The van der Waals surface area contributed by atoms with Crippen LogP contribution in [0.25, 0.3) is 22.0 Å². The maximum absolute atomic E-state index is 5.75. The highest BCUT2D eigenvalue weighted by Crippen LogP contribution is 2.34. The molecule has 0 saturated carbocycles. The van der Waals surface area contributed by atoms with Crippen LogP contribution in [-0.4, -0.2) is 10.1 Å². The van der Waals surface area contributed by atoms with Crippen molar-refractivity contribution in [3.8, 4) is 11.1 Å². The number of aryl methyl sites for hydroxylation is 1. The lowest BCUT2D eigenvalue weighted by Gasteiger charge is -1.97. The van der Waals surface area contributed by atoms with Crippen molar-refractivity contribution < 1.29 is 4.52 Å². The molecule has 3 rings (SSSR count). The van der Waals surface area contributed by atoms with E-state index < -0.39 is 0 Å². The highest BCUT2D eigenvalue weighted by atomic mass is 16.5. The fraction of sp³-hybridized carbons (Fsp3) is 0.0833. The number of hydrogen-bond acceptors (Lipinski definition) is 3. The number of nitrogens with zero attached hydrogens (tertiary/aromatic N) is 1. The SMILES string of the molecule is Cc1[nH]c2ccccc2c1-c1cnoc1N. The van der Waals surface area contributed by atoms with Gasteiger partial charge in [-0.05, 0) is 13.0 Å². The topological polar surface area (TPSA) is 67.8 Å². The van der Waals surface area contributed by atoms with Crippen molar-refractivity contribution in [2.24, 2.45) is 0 Å². The normalized spacial score (nSPS) is 11.1. The summed E-state index contributed by atoms with van der Waals surface area (Å²) in [7, 11) is 0. The largest absolute Gasteiger partial charge is 0.367 e. The lowest BCUT2D eigenvalue weighted by Crippen LogP contribution is -1.85. The zero-order valence-electron chi connectivity index (χ0n) is 8.82. The fourth-order valence-electron chi connectivity index (χ4n) is 2.06. The smallest absolute Gasteiger partial charge is 0.230 e. The van der Waals surface area contributed by atoms with Crippen molar-refractivity contribution in [1.29, 1.82) is 0 Å². The van der Waals surface area contributed by atoms with Crippen molar-refractivity contribution in [2.75, 3.05) is 5.73 Å². The van der Waals surface area contributed by atoms with E-state index in [0.29, 0.717) is 5.88 Å². The molecule has 80 valence electrons. The predicted octanol–water partition coefficient (Wildman–Crippen LogP) is 2.71. The van der Waals surface area contributed by atoms with E-state index in [2.05, 4.69) is 16.2 Å². The molecule has 0 fully saturated rings. The van der Waals surface area contributed by atoms with Gasteiger partial charge in [-0.25, -0.2) is 0 Å². The van der Waals surface area contributed by atoms with Gasteiger partial charge in [0.25, 0.3) is 0 Å². The number of fused-ring (bicyclic) bond motifs is 1. The summed E-state index contributed by atoms with van der Waals surface area (Å²) in [5.41, 5.74) is 9.81. The molecule has 0 aliphatic heterocycles. The van der Waals surface area contributed by atoms with Gasteiger partial charge in [0.2, 0.25) is 5.88 Å². The summed E-state index contributed by atoms with van der Waals surface area (Å²) in [6.45, 7) is 2.02. The van der Waals surface area contributed by atoms with Crippen molar-refractivity contribution in [2.45, 2.75) is 6.92 Å². The highest BCUT2D eigenvalue weighted by Gasteiger charge is 2.14. The third-order valence-electron chi connectivity index (χ3n) is 2.76. The van der Waals surface area contributed by atoms with E-state index in [1.807, 2.05) is 25.1 Å². The molecule has 4 nitrogen and oxygen atoms in total. The van der Waals surface area contributed by atoms with Crippen molar-refractivity contribution in [3.05, 3.63) is 36.2 Å². The number of benzene rings is 1. The van der Waals surface area contributed by atoms with Gasteiger partial charge in [-0.1, -0.05) is 23.4 Å². The molecular weight excluding hydrogens is 202 g/mol. The molecule has 2 aromatic heterocycles. The number of hydrogen-bond donors (Lipinski definition) is 2. The molecule has 3 aromatic rings. The summed E-state index contributed by atoms with van der Waals surface area (Å²) in [5, 5.41) is 4.85. The maximum Gasteiger partial charge on any atom is 0.230 e. The van der Waals surface area contributed by atoms with Crippen LogP contribution >= 0.6 is 0 Å². The molecule has 3 N–H and O–H groups in total. The van der Waals surface area contributed by atoms with Crippen LogP contribution in [0.4, 0.5) is 5.88 Å². The van der Waals surface area contributed by atoms with E-state index in [0.717, 1.165) is 27.7 Å². The number of nitrogen functional groups attached to an aromatic ring is 1. The van der Waals surface area contributed by atoms with Crippen LogP contribution in [0, 0.1) is 6.92 Å². The number of rotatable bonds is 1. The summed E-state index contributed by atoms with van der Waals surface area (Å²) in [5.74, 6) is 0.354. The van der Waals surface area contributed by atoms with Crippen LogP contribution in [0.3, 0.4) is 0 Å². The first-order chi connectivity index (χ1) is 7.77. The number of aromatic nitrogens is 2. The average molecular weight is 213 g/mol. The highest BCUT2D eigenvalue weighted by molar-refractivity contribution is 5.99.